The van der Waals surface area contributed by atoms with E-state index in [-0.39, 0.29) is 31.6 Å². The molecule has 0 aliphatic heterocycles. The number of rotatable bonds is 51. The third-order valence-corrected chi connectivity index (χ3v) is 11.9. The van der Waals surface area contributed by atoms with E-state index in [1.807, 2.05) is 12.2 Å². The van der Waals surface area contributed by atoms with Gasteiger partial charge in [-0.05, 0) is 103 Å². The van der Waals surface area contributed by atoms with Crippen molar-refractivity contribution < 1.29 is 28.6 Å². The van der Waals surface area contributed by atoms with Crippen molar-refractivity contribution in [3.63, 3.8) is 0 Å². The number of unbranched alkanes of at least 4 members (excludes halogenated alkanes) is 18. The van der Waals surface area contributed by atoms with E-state index in [0.29, 0.717) is 19.3 Å². The average molecular weight is 996 g/mol. The Morgan fingerprint density at radius 2 is 0.569 bits per heavy atom. The maximum atomic E-state index is 12.8. The van der Waals surface area contributed by atoms with Crippen LogP contribution >= 0.6 is 0 Å². The SMILES string of the molecule is CC/C=C\C/C=C\C/C=C\C/C=C\C/C=C\C/C=C\CCC(=O)OC(COC(=O)CCCCCCCCCC)COC(=O)CCCCCCCCCCCCC/C=C\C/C=C\C/C=C\C/C=C\C/C=C\CC. The minimum atomic E-state index is -0.821. The predicted octanol–water partition coefficient (Wildman–Crippen LogP) is 19.8. The molecule has 0 N–H and O–H groups in total. The highest BCUT2D eigenvalue weighted by atomic mass is 16.6. The molecule has 0 aromatic carbocycles. The summed E-state index contributed by atoms with van der Waals surface area (Å²) in [7, 11) is 0. The maximum Gasteiger partial charge on any atom is 0.306 e. The van der Waals surface area contributed by atoms with E-state index in [1.54, 1.807) is 0 Å². The van der Waals surface area contributed by atoms with Gasteiger partial charge in [0.15, 0.2) is 6.10 Å². The molecule has 6 heteroatoms. The van der Waals surface area contributed by atoms with Gasteiger partial charge in [0.2, 0.25) is 0 Å². The molecular weight excluding hydrogens is 889 g/mol. The van der Waals surface area contributed by atoms with Crippen molar-refractivity contribution in [2.45, 2.75) is 252 Å². The van der Waals surface area contributed by atoms with Crippen LogP contribution in [0.1, 0.15) is 245 Å². The highest BCUT2D eigenvalue weighted by Crippen LogP contribution is 2.14. The Morgan fingerprint density at radius 3 is 0.903 bits per heavy atom. The minimum Gasteiger partial charge on any atom is -0.462 e. The lowest BCUT2D eigenvalue weighted by Gasteiger charge is -2.18. The molecule has 0 bridgehead atoms. The van der Waals surface area contributed by atoms with Crippen LogP contribution in [0.15, 0.2) is 134 Å². The van der Waals surface area contributed by atoms with Gasteiger partial charge in [-0.25, -0.2) is 0 Å². The standard InChI is InChI=1S/C66H106O6/c1-4-7-10-13-16-19-21-23-25-27-29-30-31-32-33-34-35-36-38-39-41-43-45-47-50-53-56-59-65(68)71-62-63(61-70-64(67)58-55-52-49-18-15-12-9-6-3)72-66(69)60-57-54-51-48-46-44-42-40-37-28-26-24-22-20-17-14-11-8-5-2/h7-8,10-11,16-17,19-20,23-26,29-30,32-33,37,40,44,46,51,54,63H,4-6,9,12-15,18,21-22,27-28,31,34-36,38-39,41-43,45,47-50,52-53,55-62H2,1-3H3/b10-7-,11-8-,19-16-,20-17-,25-23-,26-24-,30-29-,33-32-,40-37-,46-44-,54-51-. The Kier molecular flexibility index (Phi) is 55.5. The van der Waals surface area contributed by atoms with E-state index in [2.05, 4.69) is 142 Å². The van der Waals surface area contributed by atoms with Gasteiger partial charge in [0.1, 0.15) is 13.2 Å². The molecule has 0 aliphatic carbocycles. The highest BCUT2D eigenvalue weighted by molar-refractivity contribution is 5.71. The number of carbonyl (C=O) groups is 3. The largest absolute Gasteiger partial charge is 0.462 e. The van der Waals surface area contributed by atoms with Gasteiger partial charge in [0.05, 0.1) is 0 Å². The fourth-order valence-corrected chi connectivity index (χ4v) is 7.61. The first-order chi connectivity index (χ1) is 35.5. The Bertz CT molecular complexity index is 1560. The normalized spacial score (nSPS) is 13.1. The van der Waals surface area contributed by atoms with Gasteiger partial charge < -0.3 is 14.2 Å². The Hall–Kier alpha value is -4.45. The molecule has 72 heavy (non-hydrogen) atoms. The van der Waals surface area contributed by atoms with Crippen molar-refractivity contribution in [1.82, 2.24) is 0 Å². The third kappa shape index (κ3) is 56.5. The van der Waals surface area contributed by atoms with E-state index in [0.717, 1.165) is 109 Å². The molecule has 0 aliphatic rings. The van der Waals surface area contributed by atoms with Gasteiger partial charge in [0.25, 0.3) is 0 Å². The first kappa shape index (κ1) is 67.5. The summed E-state index contributed by atoms with van der Waals surface area (Å²) in [6.07, 6.45) is 83.3. The van der Waals surface area contributed by atoms with Crippen LogP contribution in [0, 0.1) is 0 Å². The summed E-state index contributed by atoms with van der Waals surface area (Å²) in [5, 5.41) is 0. The molecule has 0 saturated heterocycles. The second-order valence-electron chi connectivity index (χ2n) is 18.8. The first-order valence-electron chi connectivity index (χ1n) is 29.2. The molecule has 1 atom stereocenters. The van der Waals surface area contributed by atoms with Gasteiger partial charge in [0, 0.05) is 19.3 Å². The quantitative estimate of drug-likeness (QED) is 0.0261. The van der Waals surface area contributed by atoms with Crippen LogP contribution in [-0.4, -0.2) is 37.2 Å². The van der Waals surface area contributed by atoms with Crippen LogP contribution in [-0.2, 0) is 28.6 Å². The fraction of sp³-hybridized carbons (Fsp3) is 0.621. The monoisotopic (exact) mass is 995 g/mol. The Morgan fingerprint density at radius 1 is 0.292 bits per heavy atom. The Labute approximate surface area is 443 Å². The van der Waals surface area contributed by atoms with Gasteiger partial charge in [-0.2, -0.15) is 0 Å². The summed E-state index contributed by atoms with van der Waals surface area (Å²) in [6.45, 7) is 6.31. The lowest BCUT2D eigenvalue weighted by atomic mass is 10.0. The van der Waals surface area contributed by atoms with Crippen molar-refractivity contribution in [2.75, 3.05) is 13.2 Å². The summed E-state index contributed by atoms with van der Waals surface area (Å²) in [6, 6.07) is 0. The number of carbonyl (C=O) groups excluding carboxylic acids is 3. The topological polar surface area (TPSA) is 78.9 Å². The number of hydrogen-bond acceptors (Lipinski definition) is 6. The van der Waals surface area contributed by atoms with Crippen molar-refractivity contribution in [1.29, 1.82) is 0 Å². The van der Waals surface area contributed by atoms with Gasteiger partial charge in [-0.15, -0.1) is 0 Å². The summed E-state index contributed by atoms with van der Waals surface area (Å²) >= 11 is 0. The van der Waals surface area contributed by atoms with E-state index in [4.69, 9.17) is 14.2 Å². The van der Waals surface area contributed by atoms with E-state index < -0.39 is 12.1 Å². The van der Waals surface area contributed by atoms with Crippen LogP contribution in [0.4, 0.5) is 0 Å². The molecule has 6 nitrogen and oxygen atoms in total. The fourth-order valence-electron chi connectivity index (χ4n) is 7.61. The van der Waals surface area contributed by atoms with Gasteiger partial charge in [-0.1, -0.05) is 257 Å². The van der Waals surface area contributed by atoms with Crippen LogP contribution in [0.3, 0.4) is 0 Å². The van der Waals surface area contributed by atoms with Gasteiger partial charge >= 0.3 is 17.9 Å². The van der Waals surface area contributed by atoms with Crippen LogP contribution in [0.25, 0.3) is 0 Å². The molecule has 0 saturated carbocycles. The average Bonchev–Trinajstić information content (AvgIpc) is 3.38. The van der Waals surface area contributed by atoms with Crippen molar-refractivity contribution in [3.05, 3.63) is 134 Å². The van der Waals surface area contributed by atoms with E-state index >= 15 is 0 Å². The summed E-state index contributed by atoms with van der Waals surface area (Å²) in [5.74, 6) is -1.01. The highest BCUT2D eigenvalue weighted by Gasteiger charge is 2.19. The number of allylic oxidation sites excluding steroid dienone is 22. The van der Waals surface area contributed by atoms with Gasteiger partial charge in [-0.3, -0.25) is 14.4 Å². The zero-order valence-electron chi connectivity index (χ0n) is 46.4. The van der Waals surface area contributed by atoms with Crippen LogP contribution < -0.4 is 0 Å². The van der Waals surface area contributed by atoms with Crippen LogP contribution in [0.2, 0.25) is 0 Å². The molecule has 0 heterocycles. The number of esters is 3. The lowest BCUT2D eigenvalue weighted by molar-refractivity contribution is -0.166. The number of ether oxygens (including phenoxy) is 3. The smallest absolute Gasteiger partial charge is 0.306 e. The Balaban J connectivity index is 4.31. The maximum absolute atomic E-state index is 12.8. The summed E-state index contributed by atoms with van der Waals surface area (Å²) in [4.78, 5) is 38.0. The molecule has 0 rings (SSSR count). The summed E-state index contributed by atoms with van der Waals surface area (Å²) < 4.78 is 16.7. The first-order valence-corrected chi connectivity index (χ1v) is 29.2. The second-order valence-corrected chi connectivity index (χ2v) is 18.8. The molecule has 0 amide bonds. The van der Waals surface area contributed by atoms with Crippen molar-refractivity contribution in [2.24, 2.45) is 0 Å². The third-order valence-electron chi connectivity index (χ3n) is 11.9. The minimum absolute atomic E-state index is 0.111. The van der Waals surface area contributed by atoms with E-state index in [9.17, 15) is 14.4 Å². The molecular formula is C66H106O6. The second kappa shape index (κ2) is 59.1. The van der Waals surface area contributed by atoms with E-state index in [1.165, 1.54) is 89.9 Å². The molecule has 0 aromatic rings. The molecule has 0 aromatic heterocycles. The molecule has 406 valence electrons. The predicted molar refractivity (Wildman–Crippen MR) is 311 cm³/mol. The number of hydrogen-bond donors (Lipinski definition) is 0. The lowest BCUT2D eigenvalue weighted by Crippen LogP contribution is -2.30. The zero-order chi connectivity index (χ0) is 52.2. The zero-order valence-corrected chi connectivity index (χ0v) is 46.4. The van der Waals surface area contributed by atoms with Crippen molar-refractivity contribution in [3.8, 4) is 0 Å². The molecule has 0 radical (unpaired) electrons. The molecule has 1 unspecified atom stereocenters. The van der Waals surface area contributed by atoms with Crippen LogP contribution in [0.5, 0.6) is 0 Å². The molecule has 0 spiro atoms. The van der Waals surface area contributed by atoms with Crippen molar-refractivity contribution >= 4 is 17.9 Å². The molecule has 0 fully saturated rings. The summed E-state index contributed by atoms with van der Waals surface area (Å²) in [5.41, 5.74) is 0.